The van der Waals surface area contributed by atoms with Gasteiger partial charge in [-0.15, -0.1) is 0 Å². The van der Waals surface area contributed by atoms with Crippen molar-refractivity contribution < 1.29 is 0 Å². The average molecular weight is 473 g/mol. The minimum atomic E-state index is 0.756. The summed E-state index contributed by atoms with van der Waals surface area (Å²) in [6.07, 6.45) is 29.0. The van der Waals surface area contributed by atoms with E-state index in [0.29, 0.717) is 0 Å². The summed E-state index contributed by atoms with van der Waals surface area (Å²) in [6, 6.07) is 9.18. The first kappa shape index (κ1) is 26.6. The highest BCUT2D eigenvalue weighted by Crippen LogP contribution is 2.42. The Kier molecular flexibility index (Phi) is 10.9. The molecule has 0 atom stereocenters. The molecule has 1 aromatic carbocycles. The number of rotatable bonds is 8. The summed E-state index contributed by atoms with van der Waals surface area (Å²) < 4.78 is 0. The van der Waals surface area contributed by atoms with E-state index in [2.05, 4.69) is 62.1 Å². The molecule has 0 bridgehead atoms. The standard InChI is InChI=1S/C35H52/c1-3-5-9-29-14-22-33(23-15-29)35-26-18-31(19-27-35)11-7-6-10-30-16-24-34(25-17-30)32-20-12-28(8-4-2)13-21-32/h7,11,16-17,24-25,28-29,31-33,35H,3-5,8-9,12-15,18-23,26-27H2,1-2H3/t28-,29-,31-,32-,33-,35-. The Morgan fingerprint density at radius 1 is 0.686 bits per heavy atom. The second kappa shape index (κ2) is 14.3. The first-order valence-corrected chi connectivity index (χ1v) is 15.5. The molecule has 0 heterocycles. The van der Waals surface area contributed by atoms with E-state index in [9.17, 15) is 0 Å². The second-order valence-electron chi connectivity index (χ2n) is 12.4. The Hall–Kier alpha value is -1.48. The van der Waals surface area contributed by atoms with Gasteiger partial charge in [-0.25, -0.2) is 0 Å². The van der Waals surface area contributed by atoms with E-state index in [4.69, 9.17) is 0 Å². The Bertz CT molecular complexity index is 794. The van der Waals surface area contributed by atoms with Crippen LogP contribution in [0.2, 0.25) is 0 Å². The van der Waals surface area contributed by atoms with Crippen molar-refractivity contribution in [3.8, 4) is 11.8 Å². The zero-order valence-electron chi connectivity index (χ0n) is 22.9. The van der Waals surface area contributed by atoms with Crippen LogP contribution in [0.3, 0.4) is 0 Å². The second-order valence-corrected chi connectivity index (χ2v) is 12.4. The lowest BCUT2D eigenvalue weighted by molar-refractivity contribution is 0.152. The van der Waals surface area contributed by atoms with Gasteiger partial charge in [0.05, 0.1) is 0 Å². The first-order valence-electron chi connectivity index (χ1n) is 15.5. The van der Waals surface area contributed by atoms with Gasteiger partial charge >= 0.3 is 0 Å². The fourth-order valence-corrected chi connectivity index (χ4v) is 7.59. The van der Waals surface area contributed by atoms with Crippen LogP contribution in [0.15, 0.2) is 36.4 Å². The molecule has 0 spiro atoms. The smallest absolute Gasteiger partial charge is 0.0249 e. The quantitative estimate of drug-likeness (QED) is 0.330. The molecule has 0 heteroatoms. The Labute approximate surface area is 217 Å². The van der Waals surface area contributed by atoms with Crippen molar-refractivity contribution in [3.63, 3.8) is 0 Å². The molecule has 3 aliphatic rings. The number of unbranched alkanes of at least 4 members (excludes halogenated alkanes) is 1. The van der Waals surface area contributed by atoms with Gasteiger partial charge in [0, 0.05) is 5.56 Å². The fraction of sp³-hybridized carbons (Fsp3) is 0.714. The maximum atomic E-state index is 3.38. The lowest BCUT2D eigenvalue weighted by Crippen LogP contribution is -2.25. The van der Waals surface area contributed by atoms with Gasteiger partial charge in [-0.3, -0.25) is 0 Å². The first-order chi connectivity index (χ1) is 17.2. The monoisotopic (exact) mass is 472 g/mol. The van der Waals surface area contributed by atoms with Crippen molar-refractivity contribution in [2.45, 2.75) is 129 Å². The highest BCUT2D eigenvalue weighted by atomic mass is 14.4. The van der Waals surface area contributed by atoms with Crippen LogP contribution in [0.4, 0.5) is 0 Å². The predicted molar refractivity (Wildman–Crippen MR) is 152 cm³/mol. The van der Waals surface area contributed by atoms with E-state index in [1.807, 2.05) is 0 Å². The fourth-order valence-electron chi connectivity index (χ4n) is 7.59. The van der Waals surface area contributed by atoms with Gasteiger partial charge in [0.2, 0.25) is 0 Å². The van der Waals surface area contributed by atoms with Gasteiger partial charge in [-0.1, -0.05) is 88.8 Å². The molecule has 0 N–H and O–H groups in total. The lowest BCUT2D eigenvalue weighted by atomic mass is 9.68. The normalized spacial score (nSPS) is 31.7. The molecule has 3 saturated carbocycles. The van der Waals surface area contributed by atoms with E-state index >= 15 is 0 Å². The van der Waals surface area contributed by atoms with Crippen LogP contribution < -0.4 is 0 Å². The Morgan fingerprint density at radius 3 is 1.91 bits per heavy atom. The van der Waals surface area contributed by atoms with Crippen LogP contribution in [0, 0.1) is 41.4 Å². The summed E-state index contributed by atoms with van der Waals surface area (Å²) in [5, 5.41) is 0. The maximum absolute atomic E-state index is 3.38. The summed E-state index contributed by atoms with van der Waals surface area (Å²) in [5.41, 5.74) is 2.70. The average Bonchev–Trinajstić information content (AvgIpc) is 2.92. The van der Waals surface area contributed by atoms with Gasteiger partial charge in [0.1, 0.15) is 0 Å². The van der Waals surface area contributed by atoms with Gasteiger partial charge in [-0.05, 0) is 123 Å². The van der Waals surface area contributed by atoms with E-state index in [-0.39, 0.29) is 0 Å². The topological polar surface area (TPSA) is 0 Å². The zero-order chi connectivity index (χ0) is 24.3. The molecule has 1 aromatic rings. The predicted octanol–water partition coefficient (Wildman–Crippen LogP) is 10.5. The van der Waals surface area contributed by atoms with Crippen molar-refractivity contribution in [3.05, 3.63) is 47.5 Å². The molecule has 3 fully saturated rings. The van der Waals surface area contributed by atoms with E-state index in [1.54, 1.807) is 0 Å². The summed E-state index contributed by atoms with van der Waals surface area (Å²) in [7, 11) is 0. The van der Waals surface area contributed by atoms with Crippen molar-refractivity contribution in [2.75, 3.05) is 0 Å². The molecule has 3 aliphatic carbocycles. The van der Waals surface area contributed by atoms with E-state index in [0.717, 1.165) is 41.1 Å². The Balaban J connectivity index is 1.15. The molecule has 4 rings (SSSR count). The van der Waals surface area contributed by atoms with E-state index < -0.39 is 0 Å². The van der Waals surface area contributed by atoms with Crippen LogP contribution in [0.5, 0.6) is 0 Å². The maximum Gasteiger partial charge on any atom is 0.0249 e. The van der Waals surface area contributed by atoms with Gasteiger partial charge < -0.3 is 0 Å². The van der Waals surface area contributed by atoms with Crippen molar-refractivity contribution in [1.29, 1.82) is 0 Å². The lowest BCUT2D eigenvalue weighted by Gasteiger charge is -2.37. The third kappa shape index (κ3) is 8.27. The van der Waals surface area contributed by atoms with Gasteiger partial charge in [-0.2, -0.15) is 0 Å². The van der Waals surface area contributed by atoms with Gasteiger partial charge in [0.25, 0.3) is 0 Å². The summed E-state index contributed by atoms with van der Waals surface area (Å²) in [5.74, 6) is 12.3. The SMILES string of the molecule is CCCC[C@H]1CC[C@H]([C@H]2CC[C@H](C=CC#Cc3ccc([C@H]4CC[C@H](CCC)CC4)cc3)CC2)CC1. The molecule has 0 saturated heterocycles. The van der Waals surface area contributed by atoms with Crippen LogP contribution in [0.25, 0.3) is 0 Å². The molecule has 192 valence electrons. The molecular formula is C35H52. The minimum absolute atomic E-state index is 0.756. The van der Waals surface area contributed by atoms with Crippen LogP contribution >= 0.6 is 0 Å². The molecular weight excluding hydrogens is 420 g/mol. The van der Waals surface area contributed by atoms with Crippen LogP contribution in [-0.2, 0) is 0 Å². The summed E-state index contributed by atoms with van der Waals surface area (Å²) >= 11 is 0. The molecule has 0 radical (unpaired) electrons. The van der Waals surface area contributed by atoms with Crippen molar-refractivity contribution in [2.24, 2.45) is 29.6 Å². The molecule has 0 amide bonds. The summed E-state index contributed by atoms with van der Waals surface area (Å²) in [6.45, 7) is 4.66. The molecule has 0 nitrogen and oxygen atoms in total. The van der Waals surface area contributed by atoms with Gasteiger partial charge in [0.15, 0.2) is 0 Å². The molecule has 35 heavy (non-hydrogen) atoms. The highest BCUT2D eigenvalue weighted by molar-refractivity contribution is 5.39. The third-order valence-corrected chi connectivity index (χ3v) is 9.93. The van der Waals surface area contributed by atoms with E-state index in [1.165, 1.54) is 115 Å². The van der Waals surface area contributed by atoms with Crippen molar-refractivity contribution in [1.82, 2.24) is 0 Å². The minimum Gasteiger partial charge on any atom is -0.0730 e. The largest absolute Gasteiger partial charge is 0.0730 e. The zero-order valence-corrected chi connectivity index (χ0v) is 22.9. The Morgan fingerprint density at radius 2 is 1.29 bits per heavy atom. The highest BCUT2D eigenvalue weighted by Gasteiger charge is 2.30. The molecule has 0 aliphatic heterocycles. The molecule has 0 aromatic heterocycles. The summed E-state index contributed by atoms with van der Waals surface area (Å²) in [4.78, 5) is 0. The van der Waals surface area contributed by atoms with Crippen molar-refractivity contribution >= 4 is 0 Å². The number of hydrogen-bond acceptors (Lipinski definition) is 0. The molecule has 0 unspecified atom stereocenters. The number of hydrogen-bond donors (Lipinski definition) is 0. The third-order valence-electron chi connectivity index (χ3n) is 9.93. The number of benzene rings is 1. The number of allylic oxidation sites excluding steroid dienone is 2. The van der Waals surface area contributed by atoms with Crippen LogP contribution in [0.1, 0.15) is 140 Å². The van der Waals surface area contributed by atoms with Crippen LogP contribution in [-0.4, -0.2) is 0 Å².